The smallest absolute Gasteiger partial charge is 0.407 e. The molecule has 44 heavy (non-hydrogen) atoms. The van der Waals surface area contributed by atoms with Crippen LogP contribution in [0.2, 0.25) is 0 Å². The van der Waals surface area contributed by atoms with E-state index in [0.29, 0.717) is 6.54 Å². The zero-order valence-electron chi connectivity index (χ0n) is 24.8. The topological polar surface area (TPSA) is 125 Å². The Morgan fingerprint density at radius 2 is 1.55 bits per heavy atom. The number of amides is 2. The molecule has 3 aromatic carbocycles. The molecule has 4 aromatic rings. The van der Waals surface area contributed by atoms with Gasteiger partial charge >= 0.3 is 6.09 Å². The lowest BCUT2D eigenvalue weighted by molar-refractivity contribution is -0.132. The molecule has 1 fully saturated rings. The number of carbonyl (C=O) groups is 3. The zero-order valence-corrected chi connectivity index (χ0v) is 24.8. The number of alkyl carbamates (subject to hydrolysis) is 1. The number of aromatic nitrogens is 2. The molecule has 0 unspecified atom stereocenters. The minimum Gasteiger partial charge on any atom is -0.445 e. The summed E-state index contributed by atoms with van der Waals surface area (Å²) in [6, 6.07) is 29.1. The van der Waals surface area contributed by atoms with Crippen molar-refractivity contribution in [1.29, 1.82) is 0 Å². The Labute approximate surface area is 257 Å². The van der Waals surface area contributed by atoms with Gasteiger partial charge in [0.15, 0.2) is 5.78 Å². The number of hydrogen-bond acceptors (Lipinski definition) is 6. The molecule has 228 valence electrons. The van der Waals surface area contributed by atoms with Crippen LogP contribution in [0.25, 0.3) is 0 Å². The van der Waals surface area contributed by atoms with Crippen molar-refractivity contribution in [3.63, 3.8) is 0 Å². The molecule has 1 heterocycles. The molecule has 2 amide bonds. The van der Waals surface area contributed by atoms with E-state index in [1.165, 1.54) is 5.56 Å². The number of H-pyrrole nitrogens is 1. The molecule has 1 aromatic heterocycles. The minimum atomic E-state index is -1.24. The predicted molar refractivity (Wildman–Crippen MR) is 168 cm³/mol. The summed E-state index contributed by atoms with van der Waals surface area (Å²) in [6.45, 7) is 1.12. The maximum atomic E-state index is 14.2. The van der Waals surface area contributed by atoms with E-state index in [-0.39, 0.29) is 49.6 Å². The molecule has 1 aliphatic rings. The average Bonchev–Trinajstić information content (AvgIpc) is 3.55. The molecule has 0 radical (unpaired) electrons. The zero-order chi connectivity index (χ0) is 30.7. The Morgan fingerprint density at radius 1 is 0.864 bits per heavy atom. The Hall–Kier alpha value is -4.76. The second-order valence-electron chi connectivity index (χ2n) is 11.3. The monoisotopic (exact) mass is 593 g/mol. The first-order valence-electron chi connectivity index (χ1n) is 15.1. The molecule has 0 aliphatic heterocycles. The number of ether oxygens (including phenoxy) is 1. The molecule has 0 bridgehead atoms. The number of benzene rings is 3. The third kappa shape index (κ3) is 7.60. The minimum absolute atomic E-state index is 0.0918. The van der Waals surface area contributed by atoms with Crippen LogP contribution in [0.5, 0.6) is 0 Å². The van der Waals surface area contributed by atoms with Gasteiger partial charge in [-0.15, -0.1) is 0 Å². The van der Waals surface area contributed by atoms with Crippen LogP contribution in [0.15, 0.2) is 104 Å². The second-order valence-corrected chi connectivity index (χ2v) is 11.3. The summed E-state index contributed by atoms with van der Waals surface area (Å²) in [5, 5.41) is 9.21. The first-order valence-corrected chi connectivity index (χ1v) is 15.1. The van der Waals surface area contributed by atoms with Gasteiger partial charge in [-0.25, -0.2) is 9.78 Å². The molecule has 9 heteroatoms. The van der Waals surface area contributed by atoms with Crippen molar-refractivity contribution in [3.8, 4) is 0 Å². The van der Waals surface area contributed by atoms with Crippen LogP contribution in [-0.2, 0) is 38.3 Å². The molecular formula is C35H39N5O4. The van der Waals surface area contributed by atoms with Gasteiger partial charge in [-0.1, -0.05) is 97.4 Å². The summed E-state index contributed by atoms with van der Waals surface area (Å²) in [7, 11) is 0. The summed E-state index contributed by atoms with van der Waals surface area (Å²) < 4.78 is 5.32. The van der Waals surface area contributed by atoms with Gasteiger partial charge in [0.25, 0.3) is 0 Å². The molecule has 0 saturated heterocycles. The number of nitrogens with one attached hydrogen (secondary N) is 4. The third-order valence-corrected chi connectivity index (χ3v) is 8.43. The normalized spacial score (nSPS) is 14.9. The highest BCUT2D eigenvalue weighted by Crippen LogP contribution is 2.43. The van der Waals surface area contributed by atoms with E-state index >= 15 is 0 Å². The first-order chi connectivity index (χ1) is 21.5. The summed E-state index contributed by atoms with van der Waals surface area (Å²) in [5.74, 6) is -0.587. The van der Waals surface area contributed by atoms with Crippen molar-refractivity contribution in [2.24, 2.45) is 0 Å². The van der Waals surface area contributed by atoms with E-state index < -0.39 is 11.6 Å². The Balaban J connectivity index is 1.26. The van der Waals surface area contributed by atoms with E-state index in [0.717, 1.165) is 36.1 Å². The quantitative estimate of drug-likeness (QED) is 0.118. The van der Waals surface area contributed by atoms with Crippen LogP contribution in [0.3, 0.4) is 0 Å². The van der Waals surface area contributed by atoms with Crippen LogP contribution in [-0.4, -0.2) is 47.4 Å². The lowest BCUT2D eigenvalue weighted by atomic mass is 9.64. The lowest BCUT2D eigenvalue weighted by Gasteiger charge is -2.42. The molecule has 1 saturated carbocycles. The van der Waals surface area contributed by atoms with E-state index in [4.69, 9.17) is 4.74 Å². The van der Waals surface area contributed by atoms with Gasteiger partial charge in [-0.05, 0) is 29.5 Å². The molecule has 1 aliphatic carbocycles. The number of rotatable bonds is 15. The highest BCUT2D eigenvalue weighted by Gasteiger charge is 2.42. The molecular weight excluding hydrogens is 554 g/mol. The van der Waals surface area contributed by atoms with Gasteiger partial charge in [0.05, 0.1) is 12.7 Å². The van der Waals surface area contributed by atoms with Crippen molar-refractivity contribution in [2.45, 2.75) is 49.7 Å². The summed E-state index contributed by atoms with van der Waals surface area (Å²) >= 11 is 0. The molecule has 1 atom stereocenters. The summed E-state index contributed by atoms with van der Waals surface area (Å²) in [6.07, 6.45) is 5.75. The van der Waals surface area contributed by atoms with Gasteiger partial charge in [-0.3, -0.25) is 14.9 Å². The van der Waals surface area contributed by atoms with Crippen LogP contribution in [0, 0.1) is 0 Å². The van der Waals surface area contributed by atoms with E-state index in [2.05, 4.69) is 38.1 Å². The number of carbonyl (C=O) groups excluding carboxylic acids is 3. The predicted octanol–water partition coefficient (Wildman–Crippen LogP) is 4.56. The van der Waals surface area contributed by atoms with Crippen LogP contribution in [0.1, 0.15) is 48.1 Å². The maximum absolute atomic E-state index is 14.2. The summed E-state index contributed by atoms with van der Waals surface area (Å²) in [5.41, 5.74) is 2.23. The van der Waals surface area contributed by atoms with Crippen molar-refractivity contribution in [1.82, 2.24) is 25.9 Å². The number of nitrogens with zero attached hydrogens (tertiary/aromatic N) is 1. The van der Waals surface area contributed by atoms with Crippen LogP contribution >= 0.6 is 0 Å². The van der Waals surface area contributed by atoms with Gasteiger partial charge in [-0.2, -0.15) is 0 Å². The fourth-order valence-electron chi connectivity index (χ4n) is 5.82. The molecule has 5 rings (SSSR count). The number of hydrogen-bond donors (Lipinski definition) is 4. The highest BCUT2D eigenvalue weighted by molar-refractivity contribution is 6.03. The molecule has 0 spiro atoms. The summed E-state index contributed by atoms with van der Waals surface area (Å²) in [4.78, 5) is 47.1. The first kappa shape index (κ1) is 30.7. The molecule has 4 N–H and O–H groups in total. The van der Waals surface area contributed by atoms with Crippen molar-refractivity contribution < 1.29 is 19.1 Å². The number of imidazole rings is 1. The van der Waals surface area contributed by atoms with Crippen molar-refractivity contribution in [2.75, 3.05) is 19.6 Å². The Morgan fingerprint density at radius 3 is 2.18 bits per heavy atom. The Bertz CT molecular complexity index is 1490. The van der Waals surface area contributed by atoms with Crippen molar-refractivity contribution in [3.05, 3.63) is 126 Å². The van der Waals surface area contributed by atoms with Gasteiger partial charge in [0.1, 0.15) is 12.1 Å². The fraction of sp³-hybridized carbons (Fsp3) is 0.314. The van der Waals surface area contributed by atoms with Crippen molar-refractivity contribution >= 4 is 17.8 Å². The maximum Gasteiger partial charge on any atom is 0.407 e. The SMILES string of the molecule is O=C(CC(=O)[C@@](Cc1cnc[nH]1)(NCCNC(=O)OCc1ccccc1)c1ccccc1)NCC1(c2ccccc2)CCC1. The third-order valence-electron chi connectivity index (χ3n) is 8.43. The van der Waals surface area contributed by atoms with Crippen LogP contribution < -0.4 is 16.0 Å². The number of ketones is 1. The Kier molecular flexibility index (Phi) is 10.2. The van der Waals surface area contributed by atoms with Gasteiger partial charge < -0.3 is 20.4 Å². The van der Waals surface area contributed by atoms with E-state index in [1.807, 2.05) is 78.9 Å². The molecule has 9 nitrogen and oxygen atoms in total. The standard InChI is InChI=1S/C35H39N5O4/c41-31(21-32(42)38-25-34(17-10-18-34)28-13-6-2-7-14-28)35(22-30-23-36-26-39-30,29-15-8-3-9-16-29)40-20-19-37-33(43)44-24-27-11-4-1-5-12-27/h1-9,11-16,23,26,40H,10,17-22,24-25H2,(H,36,39)(H,37,43)(H,38,42)/t35-/m0/s1. The van der Waals surface area contributed by atoms with Crippen LogP contribution in [0.4, 0.5) is 4.79 Å². The number of Topliss-reactive ketones (excluding diaryl/α,β-unsaturated/α-hetero) is 1. The number of aromatic amines is 1. The fourth-order valence-corrected chi connectivity index (χ4v) is 5.82. The van der Waals surface area contributed by atoms with E-state index in [9.17, 15) is 14.4 Å². The highest BCUT2D eigenvalue weighted by atomic mass is 16.5. The van der Waals surface area contributed by atoms with Gasteiger partial charge in [0.2, 0.25) is 5.91 Å². The lowest BCUT2D eigenvalue weighted by Crippen LogP contribution is -2.54. The second kappa shape index (κ2) is 14.6. The largest absolute Gasteiger partial charge is 0.445 e. The van der Waals surface area contributed by atoms with Gasteiger partial charge in [0, 0.05) is 43.4 Å². The average molecular weight is 594 g/mol. The van der Waals surface area contributed by atoms with E-state index in [1.54, 1.807) is 12.5 Å².